The van der Waals surface area contributed by atoms with Gasteiger partial charge in [-0.1, -0.05) is 41.5 Å². The molecule has 2 unspecified atom stereocenters. The molecule has 84 valence electrons. The fraction of sp³-hybridized carbons (Fsp3) is 1.00. The summed E-state index contributed by atoms with van der Waals surface area (Å²) in [5.41, 5.74) is 0.587. The Hall–Kier alpha value is -0.0800. The summed E-state index contributed by atoms with van der Waals surface area (Å²) in [5.74, 6) is 1.16. The van der Waals surface area contributed by atoms with Crippen LogP contribution < -0.4 is 0 Å². The van der Waals surface area contributed by atoms with Crippen molar-refractivity contribution < 1.29 is 9.78 Å². The van der Waals surface area contributed by atoms with Crippen molar-refractivity contribution in [2.45, 2.75) is 41.5 Å². The summed E-state index contributed by atoms with van der Waals surface area (Å²) in [6.45, 7) is 15.2. The lowest BCUT2D eigenvalue weighted by atomic mass is 9.64. The molecule has 2 heteroatoms. The molecule has 0 aliphatic carbocycles. The summed E-state index contributed by atoms with van der Waals surface area (Å²) in [4.78, 5) is 10.3. The van der Waals surface area contributed by atoms with Crippen molar-refractivity contribution in [3.05, 3.63) is 0 Å². The van der Waals surface area contributed by atoms with Crippen LogP contribution in [0.5, 0.6) is 0 Å². The molecule has 1 rings (SSSR count). The molecule has 0 N–H and O–H groups in total. The highest BCUT2D eigenvalue weighted by molar-refractivity contribution is 4.87. The Morgan fingerprint density at radius 3 is 1.21 bits per heavy atom. The van der Waals surface area contributed by atoms with Crippen LogP contribution >= 0.6 is 0 Å². The highest BCUT2D eigenvalue weighted by atomic mass is 17.2. The van der Waals surface area contributed by atoms with E-state index in [0.29, 0.717) is 22.7 Å². The van der Waals surface area contributed by atoms with E-state index in [2.05, 4.69) is 41.5 Å². The van der Waals surface area contributed by atoms with E-state index < -0.39 is 0 Å². The minimum absolute atomic E-state index is 0.293. The third kappa shape index (κ3) is 2.71. The molecule has 0 aromatic heterocycles. The molecule has 0 amide bonds. The molecule has 0 saturated carbocycles. The maximum atomic E-state index is 5.13. The Kier molecular flexibility index (Phi) is 3.27. The van der Waals surface area contributed by atoms with Crippen molar-refractivity contribution in [2.75, 3.05) is 13.2 Å². The van der Waals surface area contributed by atoms with Crippen molar-refractivity contribution in [2.24, 2.45) is 22.7 Å². The van der Waals surface area contributed by atoms with Crippen LogP contribution in [0.3, 0.4) is 0 Å². The predicted molar refractivity (Wildman–Crippen MR) is 57.8 cm³/mol. The summed E-state index contributed by atoms with van der Waals surface area (Å²) < 4.78 is 0. The molecule has 1 aliphatic heterocycles. The summed E-state index contributed by atoms with van der Waals surface area (Å²) in [5, 5.41) is 0. The molecule has 0 radical (unpaired) electrons. The lowest BCUT2D eigenvalue weighted by molar-refractivity contribution is -0.353. The second-order valence-corrected chi connectivity index (χ2v) is 6.51. The first-order valence-electron chi connectivity index (χ1n) is 5.47. The van der Waals surface area contributed by atoms with Crippen LogP contribution in [0.1, 0.15) is 41.5 Å². The highest BCUT2D eigenvalue weighted by Crippen LogP contribution is 2.43. The Labute approximate surface area is 87.9 Å². The van der Waals surface area contributed by atoms with Crippen LogP contribution in [-0.2, 0) is 9.78 Å². The summed E-state index contributed by atoms with van der Waals surface area (Å²) in [6, 6.07) is 0. The Morgan fingerprint density at radius 1 is 0.714 bits per heavy atom. The van der Waals surface area contributed by atoms with Gasteiger partial charge in [-0.15, -0.1) is 0 Å². The van der Waals surface area contributed by atoms with Gasteiger partial charge in [-0.25, -0.2) is 9.78 Å². The first kappa shape index (κ1) is 12.0. The number of rotatable bonds is 0. The number of hydrogen-bond donors (Lipinski definition) is 0. The zero-order valence-electron chi connectivity index (χ0n) is 10.4. The third-order valence-electron chi connectivity index (χ3n) is 3.29. The van der Waals surface area contributed by atoms with E-state index in [9.17, 15) is 0 Å². The number of hydrogen-bond acceptors (Lipinski definition) is 2. The second kappa shape index (κ2) is 3.82. The van der Waals surface area contributed by atoms with Gasteiger partial charge >= 0.3 is 0 Å². The van der Waals surface area contributed by atoms with E-state index in [-0.39, 0.29) is 0 Å². The van der Waals surface area contributed by atoms with Crippen LogP contribution in [0.4, 0.5) is 0 Å². The first-order chi connectivity index (χ1) is 6.23. The Balaban J connectivity index is 2.80. The Bertz CT molecular complexity index is 163. The first-order valence-corrected chi connectivity index (χ1v) is 5.47. The van der Waals surface area contributed by atoms with Gasteiger partial charge in [0.15, 0.2) is 0 Å². The van der Waals surface area contributed by atoms with Gasteiger partial charge in [0.05, 0.1) is 13.2 Å². The van der Waals surface area contributed by atoms with E-state index in [1.165, 1.54) is 0 Å². The van der Waals surface area contributed by atoms with Gasteiger partial charge in [0.2, 0.25) is 0 Å². The minimum Gasteiger partial charge on any atom is -0.236 e. The molecule has 0 aromatic rings. The zero-order valence-corrected chi connectivity index (χ0v) is 10.4. The Morgan fingerprint density at radius 2 is 1.00 bits per heavy atom. The second-order valence-electron chi connectivity index (χ2n) is 6.51. The lowest BCUT2D eigenvalue weighted by Crippen LogP contribution is -2.44. The summed E-state index contributed by atoms with van der Waals surface area (Å²) in [6.07, 6.45) is 0. The molecular formula is C12H24O2. The van der Waals surface area contributed by atoms with Gasteiger partial charge < -0.3 is 0 Å². The molecular weight excluding hydrogens is 176 g/mol. The highest BCUT2D eigenvalue weighted by Gasteiger charge is 2.41. The van der Waals surface area contributed by atoms with E-state index in [1.54, 1.807) is 0 Å². The van der Waals surface area contributed by atoms with Gasteiger partial charge in [0.25, 0.3) is 0 Å². The SMILES string of the molecule is CC(C)(C)C1COOCC1C(C)(C)C. The van der Waals surface area contributed by atoms with Gasteiger partial charge in [0.1, 0.15) is 0 Å². The summed E-state index contributed by atoms with van der Waals surface area (Å²) >= 11 is 0. The topological polar surface area (TPSA) is 18.5 Å². The van der Waals surface area contributed by atoms with Crippen molar-refractivity contribution in [1.82, 2.24) is 0 Å². The zero-order chi connectivity index (χ0) is 11.0. The fourth-order valence-corrected chi connectivity index (χ4v) is 2.18. The molecule has 0 spiro atoms. The molecule has 1 fully saturated rings. The van der Waals surface area contributed by atoms with Gasteiger partial charge in [-0.2, -0.15) is 0 Å². The van der Waals surface area contributed by atoms with Crippen LogP contribution in [0.2, 0.25) is 0 Å². The molecule has 2 atom stereocenters. The van der Waals surface area contributed by atoms with Crippen LogP contribution in [0.15, 0.2) is 0 Å². The van der Waals surface area contributed by atoms with Gasteiger partial charge in [-0.05, 0) is 22.7 Å². The maximum Gasteiger partial charge on any atom is 0.0859 e. The van der Waals surface area contributed by atoms with Crippen LogP contribution in [0, 0.1) is 22.7 Å². The fourth-order valence-electron chi connectivity index (χ4n) is 2.18. The summed E-state index contributed by atoms with van der Waals surface area (Å²) in [7, 11) is 0. The largest absolute Gasteiger partial charge is 0.236 e. The molecule has 1 aliphatic rings. The van der Waals surface area contributed by atoms with Gasteiger partial charge in [0, 0.05) is 0 Å². The normalized spacial score (nSPS) is 30.4. The quantitative estimate of drug-likeness (QED) is 0.559. The third-order valence-corrected chi connectivity index (χ3v) is 3.29. The van der Waals surface area contributed by atoms with Crippen molar-refractivity contribution in [1.29, 1.82) is 0 Å². The van der Waals surface area contributed by atoms with E-state index in [0.717, 1.165) is 13.2 Å². The minimum atomic E-state index is 0.293. The molecule has 2 nitrogen and oxygen atoms in total. The van der Waals surface area contributed by atoms with E-state index in [4.69, 9.17) is 9.78 Å². The maximum absolute atomic E-state index is 5.13. The van der Waals surface area contributed by atoms with Crippen LogP contribution in [-0.4, -0.2) is 13.2 Å². The van der Waals surface area contributed by atoms with Crippen LogP contribution in [0.25, 0.3) is 0 Å². The predicted octanol–water partition coefficient (Wildman–Crippen LogP) is 3.27. The molecule has 1 saturated heterocycles. The molecule has 0 aromatic carbocycles. The van der Waals surface area contributed by atoms with Crippen molar-refractivity contribution >= 4 is 0 Å². The van der Waals surface area contributed by atoms with Crippen molar-refractivity contribution in [3.63, 3.8) is 0 Å². The molecule has 14 heavy (non-hydrogen) atoms. The molecule has 0 bridgehead atoms. The van der Waals surface area contributed by atoms with E-state index >= 15 is 0 Å². The van der Waals surface area contributed by atoms with E-state index in [1.807, 2.05) is 0 Å². The molecule has 1 heterocycles. The monoisotopic (exact) mass is 200 g/mol. The standard InChI is InChI=1S/C12H24O2/c1-11(2,3)9-7-13-14-8-10(9)12(4,5)6/h9-10H,7-8H2,1-6H3. The van der Waals surface area contributed by atoms with Gasteiger partial charge in [-0.3, -0.25) is 0 Å². The smallest absolute Gasteiger partial charge is 0.0859 e. The van der Waals surface area contributed by atoms with Crippen molar-refractivity contribution in [3.8, 4) is 0 Å². The average Bonchev–Trinajstić information content (AvgIpc) is 2.01. The lowest BCUT2D eigenvalue weighted by Gasteiger charge is -2.45. The average molecular weight is 200 g/mol.